The lowest BCUT2D eigenvalue weighted by Gasteiger charge is -2.40. The second kappa shape index (κ2) is 5.45. The van der Waals surface area contributed by atoms with E-state index in [2.05, 4.69) is 10.2 Å². The molecule has 0 radical (unpaired) electrons. The van der Waals surface area contributed by atoms with Crippen LogP contribution < -0.4 is 5.32 Å². The first-order chi connectivity index (χ1) is 8.84. The van der Waals surface area contributed by atoms with Gasteiger partial charge in [0, 0.05) is 25.7 Å². The lowest BCUT2D eigenvalue weighted by Crippen LogP contribution is -2.59. The van der Waals surface area contributed by atoms with Crippen LogP contribution in [-0.2, 0) is 4.74 Å². The molecule has 0 amide bonds. The lowest BCUT2D eigenvalue weighted by molar-refractivity contribution is 0.0614. The van der Waals surface area contributed by atoms with Crippen molar-refractivity contribution in [2.45, 2.75) is 56.2 Å². The number of nitrogens with one attached hydrogen (secondary N) is 1. The van der Waals surface area contributed by atoms with Crippen molar-refractivity contribution in [2.24, 2.45) is 0 Å². The number of aliphatic hydroxyl groups is 1. The Hall–Kier alpha value is -0.160. The standard InChI is InChI=1S/C14H26N2O2/c17-11-14(15-10-12-4-3-9-18-12)6-8-16-7-2-1-5-13(14)16/h12-13,15,17H,1-11H2. The Balaban J connectivity index is 1.62. The Morgan fingerprint density at radius 3 is 2.94 bits per heavy atom. The molecule has 0 bridgehead atoms. The van der Waals surface area contributed by atoms with Gasteiger partial charge in [0.05, 0.1) is 18.2 Å². The summed E-state index contributed by atoms with van der Waals surface area (Å²) in [5.74, 6) is 0. The summed E-state index contributed by atoms with van der Waals surface area (Å²) in [6.45, 7) is 4.44. The lowest BCUT2D eigenvalue weighted by atomic mass is 9.86. The molecule has 4 heteroatoms. The molecule has 2 N–H and O–H groups in total. The fourth-order valence-electron chi connectivity index (χ4n) is 3.96. The van der Waals surface area contributed by atoms with Gasteiger partial charge in [0.15, 0.2) is 0 Å². The van der Waals surface area contributed by atoms with Gasteiger partial charge in [-0.2, -0.15) is 0 Å². The SMILES string of the molecule is OCC1(NCC2CCCO2)CCN2CCCCC21. The summed E-state index contributed by atoms with van der Waals surface area (Å²) < 4.78 is 5.68. The van der Waals surface area contributed by atoms with Crippen molar-refractivity contribution in [1.29, 1.82) is 0 Å². The van der Waals surface area contributed by atoms with E-state index in [1.54, 1.807) is 0 Å². The van der Waals surface area contributed by atoms with Crippen LogP contribution in [0.4, 0.5) is 0 Å². The largest absolute Gasteiger partial charge is 0.394 e. The third-order valence-corrected chi connectivity index (χ3v) is 5.08. The van der Waals surface area contributed by atoms with E-state index in [1.165, 1.54) is 38.6 Å². The molecule has 3 saturated heterocycles. The predicted molar refractivity (Wildman–Crippen MR) is 70.6 cm³/mol. The highest BCUT2D eigenvalue weighted by molar-refractivity contribution is 5.06. The molecular weight excluding hydrogens is 228 g/mol. The number of aliphatic hydroxyl groups excluding tert-OH is 1. The molecule has 0 aromatic heterocycles. The number of rotatable bonds is 4. The Labute approximate surface area is 110 Å². The van der Waals surface area contributed by atoms with E-state index in [9.17, 15) is 5.11 Å². The second-order valence-corrected chi connectivity index (χ2v) is 6.13. The molecule has 3 heterocycles. The molecular formula is C14H26N2O2. The smallest absolute Gasteiger partial charge is 0.0700 e. The van der Waals surface area contributed by atoms with Gasteiger partial charge in [0.25, 0.3) is 0 Å². The molecule has 3 unspecified atom stereocenters. The molecule has 4 nitrogen and oxygen atoms in total. The molecule has 3 rings (SSSR count). The summed E-state index contributed by atoms with van der Waals surface area (Å²) in [4.78, 5) is 2.57. The molecule has 3 fully saturated rings. The van der Waals surface area contributed by atoms with Crippen molar-refractivity contribution in [3.63, 3.8) is 0 Å². The molecule has 0 aliphatic carbocycles. The highest BCUT2D eigenvalue weighted by atomic mass is 16.5. The average molecular weight is 254 g/mol. The van der Waals surface area contributed by atoms with E-state index in [1.807, 2.05) is 0 Å². The van der Waals surface area contributed by atoms with Gasteiger partial charge in [-0.1, -0.05) is 6.42 Å². The van der Waals surface area contributed by atoms with E-state index in [0.717, 1.165) is 26.1 Å². The molecule has 0 saturated carbocycles. The van der Waals surface area contributed by atoms with E-state index >= 15 is 0 Å². The Bertz CT molecular complexity index is 281. The molecule has 0 aromatic carbocycles. The zero-order chi connectivity index (χ0) is 12.4. The number of fused-ring (bicyclic) bond motifs is 1. The van der Waals surface area contributed by atoms with Crippen molar-refractivity contribution in [3.8, 4) is 0 Å². The maximum Gasteiger partial charge on any atom is 0.0700 e. The monoisotopic (exact) mass is 254 g/mol. The number of nitrogens with zero attached hydrogens (tertiary/aromatic N) is 1. The summed E-state index contributed by atoms with van der Waals surface area (Å²) in [5.41, 5.74) is -0.0631. The molecule has 0 aromatic rings. The Morgan fingerprint density at radius 1 is 1.22 bits per heavy atom. The number of piperidine rings is 1. The average Bonchev–Trinajstić information content (AvgIpc) is 3.05. The summed E-state index contributed by atoms with van der Waals surface area (Å²) >= 11 is 0. The third kappa shape index (κ3) is 2.31. The number of hydrogen-bond donors (Lipinski definition) is 2. The second-order valence-electron chi connectivity index (χ2n) is 6.13. The molecule has 0 spiro atoms. The maximum atomic E-state index is 9.90. The van der Waals surface area contributed by atoms with Gasteiger partial charge in [0.1, 0.15) is 0 Å². The van der Waals surface area contributed by atoms with Crippen LogP contribution in [0, 0.1) is 0 Å². The summed E-state index contributed by atoms with van der Waals surface area (Å²) in [5, 5.41) is 13.6. The fourth-order valence-corrected chi connectivity index (χ4v) is 3.96. The first kappa shape index (κ1) is 12.9. The number of ether oxygens (including phenoxy) is 1. The van der Waals surface area contributed by atoms with Crippen LogP contribution in [0.15, 0.2) is 0 Å². The van der Waals surface area contributed by atoms with E-state index in [0.29, 0.717) is 12.1 Å². The highest BCUT2D eigenvalue weighted by Gasteiger charge is 2.47. The summed E-state index contributed by atoms with van der Waals surface area (Å²) in [6.07, 6.45) is 7.68. The summed E-state index contributed by atoms with van der Waals surface area (Å²) in [7, 11) is 0. The van der Waals surface area contributed by atoms with Gasteiger partial charge in [-0.3, -0.25) is 4.90 Å². The Kier molecular flexibility index (Phi) is 3.89. The zero-order valence-electron chi connectivity index (χ0n) is 11.2. The van der Waals surface area contributed by atoms with Gasteiger partial charge in [-0.05, 0) is 38.6 Å². The van der Waals surface area contributed by atoms with Crippen LogP contribution in [0.5, 0.6) is 0 Å². The number of hydrogen-bond acceptors (Lipinski definition) is 4. The first-order valence-electron chi connectivity index (χ1n) is 7.56. The van der Waals surface area contributed by atoms with Crippen molar-refractivity contribution in [2.75, 3.05) is 32.8 Å². The summed E-state index contributed by atoms with van der Waals surface area (Å²) in [6, 6.07) is 0.539. The van der Waals surface area contributed by atoms with Crippen LogP contribution in [0.2, 0.25) is 0 Å². The highest BCUT2D eigenvalue weighted by Crippen LogP contribution is 2.35. The maximum absolute atomic E-state index is 9.90. The molecule has 18 heavy (non-hydrogen) atoms. The van der Waals surface area contributed by atoms with Gasteiger partial charge < -0.3 is 15.2 Å². The molecule has 3 aliphatic heterocycles. The first-order valence-corrected chi connectivity index (χ1v) is 7.56. The van der Waals surface area contributed by atoms with Crippen molar-refractivity contribution >= 4 is 0 Å². The van der Waals surface area contributed by atoms with E-state index < -0.39 is 0 Å². The van der Waals surface area contributed by atoms with E-state index in [-0.39, 0.29) is 12.1 Å². The molecule has 104 valence electrons. The molecule has 3 aliphatic rings. The van der Waals surface area contributed by atoms with Crippen LogP contribution in [0.3, 0.4) is 0 Å². The molecule has 3 atom stereocenters. The Morgan fingerprint density at radius 2 is 2.17 bits per heavy atom. The predicted octanol–water partition coefficient (Wildman–Crippen LogP) is 0.744. The topological polar surface area (TPSA) is 44.7 Å². The quantitative estimate of drug-likeness (QED) is 0.777. The van der Waals surface area contributed by atoms with Gasteiger partial charge >= 0.3 is 0 Å². The van der Waals surface area contributed by atoms with Gasteiger partial charge in [-0.25, -0.2) is 0 Å². The van der Waals surface area contributed by atoms with Crippen molar-refractivity contribution < 1.29 is 9.84 Å². The van der Waals surface area contributed by atoms with Crippen LogP contribution >= 0.6 is 0 Å². The van der Waals surface area contributed by atoms with Crippen LogP contribution in [0.25, 0.3) is 0 Å². The van der Waals surface area contributed by atoms with Crippen molar-refractivity contribution in [1.82, 2.24) is 10.2 Å². The van der Waals surface area contributed by atoms with E-state index in [4.69, 9.17) is 4.74 Å². The zero-order valence-corrected chi connectivity index (χ0v) is 11.2. The normalized spacial score (nSPS) is 41.2. The minimum atomic E-state index is -0.0631. The van der Waals surface area contributed by atoms with Gasteiger partial charge in [-0.15, -0.1) is 0 Å². The third-order valence-electron chi connectivity index (χ3n) is 5.08. The minimum absolute atomic E-state index is 0.0631. The van der Waals surface area contributed by atoms with Crippen LogP contribution in [0.1, 0.15) is 38.5 Å². The van der Waals surface area contributed by atoms with Gasteiger partial charge in [0.2, 0.25) is 0 Å². The van der Waals surface area contributed by atoms with Crippen LogP contribution in [-0.4, -0.2) is 60.5 Å². The minimum Gasteiger partial charge on any atom is -0.394 e. The fraction of sp³-hybridized carbons (Fsp3) is 1.00. The van der Waals surface area contributed by atoms with Crippen molar-refractivity contribution in [3.05, 3.63) is 0 Å².